The predicted octanol–water partition coefficient (Wildman–Crippen LogP) is -0.230. The summed E-state index contributed by atoms with van der Waals surface area (Å²) in [5.41, 5.74) is 7.26. The second-order valence-electron chi connectivity index (χ2n) is 3.66. The Balaban J connectivity index is 2.82. The first-order valence-corrected chi connectivity index (χ1v) is 5.16. The summed E-state index contributed by atoms with van der Waals surface area (Å²) in [7, 11) is 3.66. The van der Waals surface area contributed by atoms with Crippen LogP contribution >= 0.6 is 0 Å². The van der Waals surface area contributed by atoms with Crippen molar-refractivity contribution in [2.45, 2.75) is 13.4 Å². The van der Waals surface area contributed by atoms with Crippen molar-refractivity contribution in [3.63, 3.8) is 0 Å². The van der Waals surface area contributed by atoms with Crippen molar-refractivity contribution in [2.24, 2.45) is 12.8 Å². The summed E-state index contributed by atoms with van der Waals surface area (Å²) in [5.74, 6) is 0.603. The van der Waals surface area contributed by atoms with Gasteiger partial charge in [0.05, 0.1) is 17.4 Å². The van der Waals surface area contributed by atoms with E-state index in [0.29, 0.717) is 16.7 Å². The van der Waals surface area contributed by atoms with E-state index in [9.17, 15) is 4.79 Å². The maximum absolute atomic E-state index is 12.0. The molecular weight excluding hydrogens is 201 g/mol. The van der Waals surface area contributed by atoms with Gasteiger partial charge in [-0.2, -0.15) is 0 Å². The number of nitrogens with zero attached hydrogens (tertiary/aromatic N) is 2. The van der Waals surface area contributed by atoms with Gasteiger partial charge in [0.25, 0.3) is 5.56 Å². The van der Waals surface area contributed by atoms with Gasteiger partial charge in [-0.15, -0.1) is 0 Å². The molecule has 0 bridgehead atoms. The molecule has 4 nitrogen and oxygen atoms in total. The van der Waals surface area contributed by atoms with Crippen LogP contribution in [0, 0.1) is 0 Å². The topological polar surface area (TPSA) is 60.9 Å². The van der Waals surface area contributed by atoms with Crippen molar-refractivity contribution in [1.29, 1.82) is 0 Å². The first-order valence-electron chi connectivity index (χ1n) is 5.16. The van der Waals surface area contributed by atoms with Crippen molar-refractivity contribution in [2.75, 3.05) is 0 Å². The summed E-state index contributed by atoms with van der Waals surface area (Å²) in [4.78, 5) is 16.3. The fraction of sp³-hybridized carbons (Fsp3) is 0.273. The van der Waals surface area contributed by atoms with Crippen LogP contribution in [-0.4, -0.2) is 16.8 Å². The SMILES string of the molecule is C[B]c1ccc2c(=O)n(C)c(CN)nc2c1. The molecule has 0 saturated carbocycles. The summed E-state index contributed by atoms with van der Waals surface area (Å²) in [5, 5.41) is 0.630. The first-order chi connectivity index (χ1) is 7.67. The van der Waals surface area contributed by atoms with Crippen LogP contribution in [0.1, 0.15) is 5.82 Å². The van der Waals surface area contributed by atoms with E-state index < -0.39 is 0 Å². The van der Waals surface area contributed by atoms with Crippen LogP contribution in [0.3, 0.4) is 0 Å². The zero-order valence-electron chi connectivity index (χ0n) is 9.40. The highest BCUT2D eigenvalue weighted by Gasteiger charge is 2.06. The van der Waals surface area contributed by atoms with E-state index >= 15 is 0 Å². The second kappa shape index (κ2) is 4.10. The van der Waals surface area contributed by atoms with Gasteiger partial charge in [-0.25, -0.2) is 4.98 Å². The molecule has 0 spiro atoms. The van der Waals surface area contributed by atoms with E-state index in [1.807, 2.05) is 26.2 Å². The fourth-order valence-electron chi connectivity index (χ4n) is 1.70. The highest BCUT2D eigenvalue weighted by atomic mass is 16.1. The van der Waals surface area contributed by atoms with Gasteiger partial charge in [0.2, 0.25) is 0 Å². The molecule has 0 unspecified atom stereocenters. The van der Waals surface area contributed by atoms with Crippen LogP contribution in [-0.2, 0) is 13.6 Å². The number of aromatic nitrogens is 2. The van der Waals surface area contributed by atoms with Crippen LogP contribution in [0.2, 0.25) is 6.82 Å². The number of benzene rings is 1. The number of fused-ring (bicyclic) bond motifs is 1. The summed E-state index contributed by atoms with van der Waals surface area (Å²) in [6, 6.07) is 5.61. The summed E-state index contributed by atoms with van der Waals surface area (Å²) < 4.78 is 1.50. The molecule has 0 aliphatic carbocycles. The van der Waals surface area contributed by atoms with Crippen molar-refractivity contribution < 1.29 is 0 Å². The molecule has 0 atom stereocenters. The standard InChI is InChI=1S/C11H13BN3O/c1-12-7-3-4-8-9(5-7)14-10(6-13)15(2)11(8)16/h3-5H,6,13H2,1-2H3. The number of hydrogen-bond acceptors (Lipinski definition) is 3. The lowest BCUT2D eigenvalue weighted by atomic mass is 9.73. The monoisotopic (exact) mass is 214 g/mol. The van der Waals surface area contributed by atoms with Crippen LogP contribution in [0.25, 0.3) is 10.9 Å². The Morgan fingerprint density at radius 2 is 2.25 bits per heavy atom. The third-order valence-electron chi connectivity index (χ3n) is 2.71. The van der Waals surface area contributed by atoms with E-state index in [0.717, 1.165) is 5.46 Å². The molecule has 1 aromatic carbocycles. The van der Waals surface area contributed by atoms with Gasteiger partial charge in [-0.1, -0.05) is 18.4 Å². The fourth-order valence-corrected chi connectivity index (χ4v) is 1.70. The predicted molar refractivity (Wildman–Crippen MR) is 66.1 cm³/mol. The van der Waals surface area contributed by atoms with Crippen LogP contribution in [0.5, 0.6) is 0 Å². The smallest absolute Gasteiger partial charge is 0.261 e. The van der Waals surface area contributed by atoms with E-state index in [1.165, 1.54) is 4.57 Å². The van der Waals surface area contributed by atoms with Crippen molar-refractivity contribution >= 4 is 23.6 Å². The Kier molecular flexibility index (Phi) is 2.79. The molecule has 81 valence electrons. The lowest BCUT2D eigenvalue weighted by Crippen LogP contribution is -2.25. The molecule has 0 aliphatic heterocycles. The first kappa shape index (κ1) is 10.9. The molecule has 2 rings (SSSR count). The molecule has 0 aliphatic rings. The largest absolute Gasteiger partial charge is 0.324 e. The highest BCUT2D eigenvalue weighted by Crippen LogP contribution is 2.05. The Morgan fingerprint density at radius 1 is 1.50 bits per heavy atom. The van der Waals surface area contributed by atoms with Gasteiger partial charge in [-0.3, -0.25) is 9.36 Å². The number of hydrogen-bond donors (Lipinski definition) is 1. The molecule has 1 radical (unpaired) electrons. The van der Waals surface area contributed by atoms with Crippen LogP contribution < -0.4 is 16.8 Å². The maximum Gasteiger partial charge on any atom is 0.261 e. The zero-order chi connectivity index (χ0) is 11.7. The summed E-state index contributed by atoms with van der Waals surface area (Å²) in [6.45, 7) is 2.22. The third kappa shape index (κ3) is 1.63. The minimum atomic E-state index is -0.0481. The molecule has 0 amide bonds. The van der Waals surface area contributed by atoms with Gasteiger partial charge < -0.3 is 5.73 Å². The molecule has 0 fully saturated rings. The average Bonchev–Trinajstić information content (AvgIpc) is 2.33. The van der Waals surface area contributed by atoms with Crippen LogP contribution in [0.4, 0.5) is 0 Å². The van der Waals surface area contributed by atoms with Crippen LogP contribution in [0.15, 0.2) is 23.0 Å². The van der Waals surface area contributed by atoms with Gasteiger partial charge in [0.15, 0.2) is 0 Å². The highest BCUT2D eigenvalue weighted by molar-refractivity contribution is 6.52. The molecule has 2 N–H and O–H groups in total. The average molecular weight is 214 g/mol. The molecule has 0 saturated heterocycles. The van der Waals surface area contributed by atoms with E-state index in [4.69, 9.17) is 5.73 Å². The molecule has 1 aromatic heterocycles. The Bertz CT molecular complexity index is 592. The molecule has 1 heterocycles. The Labute approximate surface area is 94.3 Å². The van der Waals surface area contributed by atoms with Gasteiger partial charge in [0.1, 0.15) is 13.1 Å². The van der Waals surface area contributed by atoms with Gasteiger partial charge >= 0.3 is 0 Å². The van der Waals surface area contributed by atoms with Gasteiger partial charge in [0, 0.05) is 7.05 Å². The number of rotatable bonds is 2. The van der Waals surface area contributed by atoms with Crippen molar-refractivity contribution in [3.05, 3.63) is 34.4 Å². The van der Waals surface area contributed by atoms with Crippen molar-refractivity contribution in [1.82, 2.24) is 9.55 Å². The Hall–Kier alpha value is -1.62. The summed E-state index contributed by atoms with van der Waals surface area (Å²) in [6.07, 6.45) is 0. The molecule has 2 aromatic rings. The molecule has 5 heteroatoms. The quantitative estimate of drug-likeness (QED) is 0.702. The molecule has 16 heavy (non-hydrogen) atoms. The second-order valence-corrected chi connectivity index (χ2v) is 3.66. The lowest BCUT2D eigenvalue weighted by Gasteiger charge is -2.07. The normalized spacial score (nSPS) is 10.7. The summed E-state index contributed by atoms with van der Waals surface area (Å²) >= 11 is 0. The minimum Gasteiger partial charge on any atom is -0.324 e. The van der Waals surface area contributed by atoms with Crippen molar-refractivity contribution in [3.8, 4) is 0 Å². The lowest BCUT2D eigenvalue weighted by molar-refractivity contribution is 0.742. The van der Waals surface area contributed by atoms with E-state index in [1.54, 1.807) is 13.1 Å². The van der Waals surface area contributed by atoms with Gasteiger partial charge in [-0.05, 0) is 12.1 Å². The van der Waals surface area contributed by atoms with E-state index in [-0.39, 0.29) is 12.1 Å². The zero-order valence-corrected chi connectivity index (χ0v) is 9.40. The Morgan fingerprint density at radius 3 is 2.88 bits per heavy atom. The maximum atomic E-state index is 12.0. The minimum absolute atomic E-state index is 0.0481. The molecular formula is C11H13BN3O. The third-order valence-corrected chi connectivity index (χ3v) is 2.71. The number of nitrogens with two attached hydrogens (primary N) is 1. The van der Waals surface area contributed by atoms with E-state index in [2.05, 4.69) is 4.98 Å².